The Hall–Kier alpha value is -1.89. The summed E-state index contributed by atoms with van der Waals surface area (Å²) >= 11 is 0. The molecule has 0 unspecified atom stereocenters. The van der Waals surface area contributed by atoms with E-state index in [9.17, 15) is 9.18 Å². The number of hydrogen-bond donors (Lipinski definition) is 0. The summed E-state index contributed by atoms with van der Waals surface area (Å²) in [7, 11) is 0. The summed E-state index contributed by atoms with van der Waals surface area (Å²) in [4.78, 5) is 13.7. The van der Waals surface area contributed by atoms with Crippen LogP contribution in [0.4, 0.5) is 4.39 Å². The lowest BCUT2D eigenvalue weighted by molar-refractivity contribution is -0.131. The van der Waals surface area contributed by atoms with E-state index in [0.717, 1.165) is 5.56 Å². The minimum absolute atomic E-state index is 0.0360. The van der Waals surface area contributed by atoms with Gasteiger partial charge in [-0.2, -0.15) is 5.26 Å². The molecule has 1 amide bonds. The zero-order chi connectivity index (χ0) is 14.3. The second kappa shape index (κ2) is 7.52. The van der Waals surface area contributed by atoms with Crippen LogP contribution in [0.5, 0.6) is 0 Å². The van der Waals surface area contributed by atoms with Crippen LogP contribution in [-0.4, -0.2) is 23.9 Å². The summed E-state index contributed by atoms with van der Waals surface area (Å²) in [6, 6.07) is 8.31. The molecule has 0 aliphatic heterocycles. The molecule has 0 aliphatic rings. The predicted molar refractivity (Wildman–Crippen MR) is 71.8 cm³/mol. The van der Waals surface area contributed by atoms with Gasteiger partial charge in [-0.1, -0.05) is 12.1 Å². The fourth-order valence-corrected chi connectivity index (χ4v) is 1.84. The van der Waals surface area contributed by atoms with Gasteiger partial charge in [0.25, 0.3) is 0 Å². The molecular weight excluding hydrogens is 243 g/mol. The summed E-state index contributed by atoms with van der Waals surface area (Å²) in [6.45, 7) is 4.78. The lowest BCUT2D eigenvalue weighted by Gasteiger charge is -2.22. The first-order chi connectivity index (χ1) is 9.06. The quantitative estimate of drug-likeness (QED) is 0.791. The fraction of sp³-hybridized carbons (Fsp3) is 0.467. The van der Waals surface area contributed by atoms with Gasteiger partial charge in [0.15, 0.2) is 0 Å². The molecule has 0 fully saturated rings. The first-order valence-corrected chi connectivity index (χ1v) is 6.48. The maximum Gasteiger partial charge on any atom is 0.222 e. The minimum atomic E-state index is -0.270. The van der Waals surface area contributed by atoms with Crippen LogP contribution in [-0.2, 0) is 11.2 Å². The molecule has 1 atom stereocenters. The molecule has 0 saturated carbocycles. The average molecular weight is 262 g/mol. The van der Waals surface area contributed by atoms with Crippen LogP contribution in [0, 0.1) is 23.1 Å². The second-order valence-corrected chi connectivity index (χ2v) is 4.59. The van der Waals surface area contributed by atoms with Crippen molar-refractivity contribution in [3.05, 3.63) is 35.6 Å². The van der Waals surface area contributed by atoms with Gasteiger partial charge in [0.2, 0.25) is 5.91 Å². The molecule has 0 N–H and O–H groups in total. The van der Waals surface area contributed by atoms with E-state index in [2.05, 4.69) is 6.07 Å². The van der Waals surface area contributed by atoms with E-state index in [1.807, 2.05) is 6.92 Å². The van der Waals surface area contributed by atoms with Crippen molar-refractivity contribution < 1.29 is 9.18 Å². The number of nitrogens with zero attached hydrogens (tertiary/aromatic N) is 2. The zero-order valence-electron chi connectivity index (χ0n) is 11.4. The smallest absolute Gasteiger partial charge is 0.222 e. The van der Waals surface area contributed by atoms with E-state index in [4.69, 9.17) is 5.26 Å². The number of nitriles is 1. The molecule has 1 rings (SSSR count). The predicted octanol–water partition coefficient (Wildman–Crippen LogP) is 2.77. The largest absolute Gasteiger partial charge is 0.342 e. The van der Waals surface area contributed by atoms with Gasteiger partial charge >= 0.3 is 0 Å². The van der Waals surface area contributed by atoms with Gasteiger partial charge in [0.05, 0.1) is 12.0 Å². The molecule has 0 spiro atoms. The van der Waals surface area contributed by atoms with E-state index in [0.29, 0.717) is 25.9 Å². The molecule has 0 heterocycles. The van der Waals surface area contributed by atoms with Gasteiger partial charge in [-0.25, -0.2) is 4.39 Å². The number of aryl methyl sites for hydroxylation is 1. The lowest BCUT2D eigenvalue weighted by atomic mass is 10.1. The van der Waals surface area contributed by atoms with Gasteiger partial charge in [-0.05, 0) is 38.0 Å². The molecule has 0 bridgehead atoms. The fourth-order valence-electron chi connectivity index (χ4n) is 1.84. The molecule has 0 saturated heterocycles. The molecule has 0 radical (unpaired) electrons. The maximum absolute atomic E-state index is 12.7. The Kier molecular flexibility index (Phi) is 6.01. The van der Waals surface area contributed by atoms with Crippen molar-refractivity contribution >= 4 is 5.91 Å². The third kappa shape index (κ3) is 5.09. The highest BCUT2D eigenvalue weighted by atomic mass is 19.1. The van der Waals surface area contributed by atoms with E-state index in [-0.39, 0.29) is 17.6 Å². The highest BCUT2D eigenvalue weighted by Gasteiger charge is 2.14. The number of carbonyl (C=O) groups is 1. The summed E-state index contributed by atoms with van der Waals surface area (Å²) in [6.07, 6.45) is 0.980. The maximum atomic E-state index is 12.7. The third-order valence-electron chi connectivity index (χ3n) is 2.99. The first-order valence-electron chi connectivity index (χ1n) is 6.48. The summed E-state index contributed by atoms with van der Waals surface area (Å²) in [5.74, 6) is -0.392. The van der Waals surface area contributed by atoms with Crippen LogP contribution < -0.4 is 0 Å². The van der Waals surface area contributed by atoms with Crippen molar-refractivity contribution in [2.75, 3.05) is 13.1 Å². The van der Waals surface area contributed by atoms with Crippen molar-refractivity contribution in [2.24, 2.45) is 5.92 Å². The summed E-state index contributed by atoms with van der Waals surface area (Å²) < 4.78 is 12.7. The highest BCUT2D eigenvalue weighted by molar-refractivity contribution is 5.76. The first kappa shape index (κ1) is 15.2. The van der Waals surface area contributed by atoms with Crippen LogP contribution in [0.15, 0.2) is 24.3 Å². The highest BCUT2D eigenvalue weighted by Crippen LogP contribution is 2.08. The molecule has 0 aromatic heterocycles. The third-order valence-corrected chi connectivity index (χ3v) is 2.99. The molecule has 3 nitrogen and oxygen atoms in total. The Bertz CT molecular complexity index is 450. The SMILES string of the molecule is CCN(C[C@@H](C)C#N)C(=O)CCc1ccc(F)cc1. The van der Waals surface area contributed by atoms with Gasteiger partial charge in [-0.15, -0.1) is 0 Å². The number of rotatable bonds is 6. The van der Waals surface area contributed by atoms with Crippen LogP contribution in [0.1, 0.15) is 25.8 Å². The molecular formula is C15H19FN2O. The topological polar surface area (TPSA) is 44.1 Å². The lowest BCUT2D eigenvalue weighted by Crippen LogP contribution is -2.34. The van der Waals surface area contributed by atoms with Crippen LogP contribution in [0.3, 0.4) is 0 Å². The molecule has 1 aromatic rings. The monoisotopic (exact) mass is 262 g/mol. The Morgan fingerprint density at radius 1 is 1.42 bits per heavy atom. The van der Waals surface area contributed by atoms with E-state index < -0.39 is 0 Å². The van der Waals surface area contributed by atoms with Crippen molar-refractivity contribution in [2.45, 2.75) is 26.7 Å². The van der Waals surface area contributed by atoms with Crippen molar-refractivity contribution in [3.8, 4) is 6.07 Å². The number of hydrogen-bond acceptors (Lipinski definition) is 2. The Morgan fingerprint density at radius 2 is 2.05 bits per heavy atom. The Balaban J connectivity index is 2.49. The van der Waals surface area contributed by atoms with Crippen LogP contribution >= 0.6 is 0 Å². The molecule has 1 aromatic carbocycles. The minimum Gasteiger partial charge on any atom is -0.342 e. The zero-order valence-corrected chi connectivity index (χ0v) is 11.4. The van der Waals surface area contributed by atoms with E-state index in [1.165, 1.54) is 12.1 Å². The standard InChI is InChI=1S/C15H19FN2O/c1-3-18(11-12(2)10-17)15(19)9-6-13-4-7-14(16)8-5-13/h4-5,7-8,12H,3,6,9,11H2,1-2H3/t12-/m0/s1. The van der Waals surface area contributed by atoms with Crippen LogP contribution in [0.25, 0.3) is 0 Å². The van der Waals surface area contributed by atoms with Crippen LogP contribution in [0.2, 0.25) is 0 Å². The molecule has 4 heteroatoms. The number of amides is 1. The van der Waals surface area contributed by atoms with Gasteiger partial charge in [-0.3, -0.25) is 4.79 Å². The van der Waals surface area contributed by atoms with E-state index in [1.54, 1.807) is 24.0 Å². The Morgan fingerprint density at radius 3 is 2.58 bits per heavy atom. The summed E-state index contributed by atoms with van der Waals surface area (Å²) in [5, 5.41) is 8.77. The molecule has 102 valence electrons. The van der Waals surface area contributed by atoms with Crippen molar-refractivity contribution in [1.82, 2.24) is 4.90 Å². The van der Waals surface area contributed by atoms with Gasteiger partial charge in [0.1, 0.15) is 5.82 Å². The van der Waals surface area contributed by atoms with Crippen molar-refractivity contribution in [3.63, 3.8) is 0 Å². The number of benzene rings is 1. The molecule has 0 aliphatic carbocycles. The van der Waals surface area contributed by atoms with E-state index >= 15 is 0 Å². The summed E-state index contributed by atoms with van der Waals surface area (Å²) in [5.41, 5.74) is 0.944. The average Bonchev–Trinajstić information content (AvgIpc) is 2.43. The molecule has 19 heavy (non-hydrogen) atoms. The van der Waals surface area contributed by atoms with Crippen molar-refractivity contribution in [1.29, 1.82) is 5.26 Å². The van der Waals surface area contributed by atoms with Gasteiger partial charge in [0, 0.05) is 19.5 Å². The second-order valence-electron chi connectivity index (χ2n) is 4.59. The number of carbonyl (C=O) groups excluding carboxylic acids is 1. The Labute approximate surface area is 113 Å². The number of halogens is 1. The normalized spacial score (nSPS) is 11.7. The van der Waals surface area contributed by atoms with Gasteiger partial charge < -0.3 is 4.90 Å².